The number of sulfone groups is 1. The Labute approximate surface area is 192 Å². The van der Waals surface area contributed by atoms with Crippen LogP contribution in [0.2, 0.25) is 0 Å². The highest BCUT2D eigenvalue weighted by atomic mass is 127. The van der Waals surface area contributed by atoms with Gasteiger partial charge in [0.25, 0.3) is 0 Å². The molecule has 0 bridgehead atoms. The van der Waals surface area contributed by atoms with Crippen molar-refractivity contribution >= 4 is 43.3 Å². The maximum absolute atomic E-state index is 13.1. The Kier molecular flexibility index (Phi) is 5.08. The summed E-state index contributed by atoms with van der Waals surface area (Å²) in [6.07, 6.45) is 0. The zero-order chi connectivity index (χ0) is 20.7. The predicted octanol–water partition coefficient (Wildman–Crippen LogP) is 6.33. The fourth-order valence-corrected chi connectivity index (χ4v) is 8.51. The van der Waals surface area contributed by atoms with Crippen LogP contribution in [0.4, 0.5) is 0 Å². The van der Waals surface area contributed by atoms with Crippen molar-refractivity contribution in [3.05, 3.63) is 101 Å². The number of halogens is 1. The Morgan fingerprint density at radius 1 is 0.633 bits per heavy atom. The standard InChI is InChI=1S/C24H16IO3S2/c25-17-9-11-18(12-10-17)28-19-13-15-20(16-14-19)29-21-5-1-3-7-23(21)30(26,27)24-8-4-2-6-22(24)29/h1-16H/q+1. The maximum atomic E-state index is 13.1. The van der Waals surface area contributed by atoms with E-state index in [-0.39, 0.29) is 0 Å². The lowest BCUT2D eigenvalue weighted by Crippen LogP contribution is -2.20. The van der Waals surface area contributed by atoms with Crippen molar-refractivity contribution in [1.29, 1.82) is 0 Å². The second-order valence-electron chi connectivity index (χ2n) is 6.73. The first kappa shape index (κ1) is 19.7. The molecule has 0 atom stereocenters. The number of rotatable bonds is 3. The molecule has 0 aliphatic carbocycles. The Bertz CT molecular complexity index is 1280. The average molecular weight is 543 g/mol. The molecule has 6 heteroatoms. The fraction of sp³-hybridized carbons (Fsp3) is 0. The van der Waals surface area contributed by atoms with E-state index < -0.39 is 20.7 Å². The molecule has 0 amide bonds. The van der Waals surface area contributed by atoms with Crippen LogP contribution in [-0.4, -0.2) is 8.42 Å². The van der Waals surface area contributed by atoms with Crippen LogP contribution in [0.5, 0.6) is 11.5 Å². The SMILES string of the molecule is O=S1(=O)c2ccccc2[S+](c2ccc(Oc3ccc(I)cc3)cc2)c2ccccc21. The third kappa shape index (κ3) is 3.42. The highest BCUT2D eigenvalue weighted by Gasteiger charge is 2.44. The smallest absolute Gasteiger partial charge is 0.216 e. The molecular weight excluding hydrogens is 527 g/mol. The molecule has 0 saturated heterocycles. The summed E-state index contributed by atoms with van der Waals surface area (Å²) in [5.41, 5.74) is 0. The van der Waals surface area contributed by atoms with Gasteiger partial charge in [0.15, 0.2) is 14.7 Å². The third-order valence-electron chi connectivity index (χ3n) is 4.83. The van der Waals surface area contributed by atoms with E-state index in [9.17, 15) is 8.42 Å². The van der Waals surface area contributed by atoms with E-state index in [2.05, 4.69) is 22.6 Å². The summed E-state index contributed by atoms with van der Waals surface area (Å²) < 4.78 is 33.4. The van der Waals surface area contributed by atoms with Crippen molar-refractivity contribution in [2.45, 2.75) is 24.5 Å². The van der Waals surface area contributed by atoms with E-state index >= 15 is 0 Å². The highest BCUT2D eigenvalue weighted by molar-refractivity contribution is 14.1. The van der Waals surface area contributed by atoms with Crippen LogP contribution in [0.1, 0.15) is 0 Å². The number of ether oxygens (including phenoxy) is 1. The zero-order valence-corrected chi connectivity index (χ0v) is 19.4. The molecule has 1 aliphatic heterocycles. The first-order chi connectivity index (χ1) is 14.5. The molecule has 0 aromatic heterocycles. The molecule has 148 valence electrons. The molecule has 0 N–H and O–H groups in total. The van der Waals surface area contributed by atoms with E-state index in [1.807, 2.05) is 72.8 Å². The number of benzene rings is 4. The maximum Gasteiger partial charge on any atom is 0.216 e. The van der Waals surface area contributed by atoms with Crippen molar-refractivity contribution < 1.29 is 13.2 Å². The van der Waals surface area contributed by atoms with Crippen LogP contribution in [0, 0.1) is 3.57 Å². The van der Waals surface area contributed by atoms with Gasteiger partial charge in [-0.05, 0) is 95.4 Å². The van der Waals surface area contributed by atoms with Crippen molar-refractivity contribution in [2.75, 3.05) is 0 Å². The molecule has 30 heavy (non-hydrogen) atoms. The summed E-state index contributed by atoms with van der Waals surface area (Å²) >= 11 is 2.26. The first-order valence-electron chi connectivity index (χ1n) is 9.25. The van der Waals surface area contributed by atoms with Gasteiger partial charge < -0.3 is 4.74 Å². The van der Waals surface area contributed by atoms with Crippen LogP contribution in [0.3, 0.4) is 0 Å². The lowest BCUT2D eigenvalue weighted by Gasteiger charge is -2.19. The molecule has 1 aliphatic rings. The molecule has 0 spiro atoms. The molecule has 4 aromatic carbocycles. The zero-order valence-electron chi connectivity index (χ0n) is 15.7. The predicted molar refractivity (Wildman–Crippen MR) is 126 cm³/mol. The van der Waals surface area contributed by atoms with Gasteiger partial charge in [0.2, 0.25) is 9.84 Å². The van der Waals surface area contributed by atoms with Crippen molar-refractivity contribution in [2.24, 2.45) is 0 Å². The topological polar surface area (TPSA) is 43.4 Å². The van der Waals surface area contributed by atoms with Crippen LogP contribution < -0.4 is 4.74 Å². The van der Waals surface area contributed by atoms with E-state index in [0.717, 1.165) is 29.8 Å². The van der Waals surface area contributed by atoms with Gasteiger partial charge in [0, 0.05) is 3.57 Å². The normalized spacial score (nSPS) is 14.6. The minimum atomic E-state index is -3.51. The molecule has 0 fully saturated rings. The van der Waals surface area contributed by atoms with Crippen molar-refractivity contribution in [3.8, 4) is 11.5 Å². The summed E-state index contributed by atoms with van der Waals surface area (Å²) in [5.74, 6) is 1.53. The Morgan fingerprint density at radius 3 is 1.63 bits per heavy atom. The third-order valence-corrected chi connectivity index (χ3v) is 10.0. The van der Waals surface area contributed by atoms with Crippen molar-refractivity contribution in [3.63, 3.8) is 0 Å². The van der Waals surface area contributed by atoms with Gasteiger partial charge in [-0.3, -0.25) is 0 Å². The first-order valence-corrected chi connectivity index (χ1v) is 13.0. The number of hydrogen-bond donors (Lipinski definition) is 0. The van der Waals surface area contributed by atoms with E-state index in [1.165, 1.54) is 0 Å². The number of hydrogen-bond acceptors (Lipinski definition) is 3. The second kappa shape index (κ2) is 7.76. The van der Waals surface area contributed by atoms with Crippen LogP contribution in [0.25, 0.3) is 0 Å². The van der Waals surface area contributed by atoms with Gasteiger partial charge in [0.1, 0.15) is 32.2 Å². The van der Waals surface area contributed by atoms with Crippen LogP contribution >= 0.6 is 22.6 Å². The molecule has 1 heterocycles. The Morgan fingerprint density at radius 2 is 1.10 bits per heavy atom. The summed E-state index contributed by atoms with van der Waals surface area (Å²) in [6.45, 7) is 0. The highest BCUT2D eigenvalue weighted by Crippen LogP contribution is 2.44. The lowest BCUT2D eigenvalue weighted by molar-refractivity contribution is 0.482. The molecule has 4 aromatic rings. The molecule has 0 unspecified atom stereocenters. The van der Waals surface area contributed by atoms with Gasteiger partial charge in [-0.15, -0.1) is 0 Å². The molecule has 0 saturated carbocycles. The van der Waals surface area contributed by atoms with Gasteiger partial charge in [0.05, 0.1) is 0 Å². The second-order valence-corrected chi connectivity index (χ2v) is 11.8. The van der Waals surface area contributed by atoms with Crippen molar-refractivity contribution in [1.82, 2.24) is 0 Å². The van der Waals surface area contributed by atoms with Gasteiger partial charge in [-0.2, -0.15) is 0 Å². The van der Waals surface area contributed by atoms with E-state index in [1.54, 1.807) is 24.3 Å². The Hall–Kier alpha value is -2.29. The quantitative estimate of drug-likeness (QED) is 0.198. The summed E-state index contributed by atoms with van der Waals surface area (Å²) in [7, 11) is -4.01. The summed E-state index contributed by atoms with van der Waals surface area (Å²) in [5, 5.41) is 0. The minimum Gasteiger partial charge on any atom is -0.457 e. The Balaban J connectivity index is 1.57. The minimum absolute atomic E-state index is 0.395. The average Bonchev–Trinajstić information content (AvgIpc) is 2.77. The fourth-order valence-electron chi connectivity index (χ4n) is 3.45. The number of fused-ring (bicyclic) bond motifs is 2. The molecule has 5 rings (SSSR count). The molecule has 0 radical (unpaired) electrons. The van der Waals surface area contributed by atoms with Crippen LogP contribution in [-0.2, 0) is 20.7 Å². The summed E-state index contributed by atoms with van der Waals surface area (Å²) in [6, 6.07) is 30.4. The largest absolute Gasteiger partial charge is 0.457 e. The molecule has 3 nitrogen and oxygen atoms in total. The summed E-state index contributed by atoms with van der Waals surface area (Å²) in [4.78, 5) is 3.52. The van der Waals surface area contributed by atoms with Gasteiger partial charge in [-0.1, -0.05) is 24.3 Å². The molecular formula is C24H16IO3S2+. The van der Waals surface area contributed by atoms with Gasteiger partial charge >= 0.3 is 0 Å². The van der Waals surface area contributed by atoms with E-state index in [0.29, 0.717) is 9.79 Å². The lowest BCUT2D eigenvalue weighted by atomic mass is 10.3. The monoisotopic (exact) mass is 543 g/mol. The van der Waals surface area contributed by atoms with Crippen LogP contribution in [0.15, 0.2) is 122 Å². The van der Waals surface area contributed by atoms with Gasteiger partial charge in [-0.25, -0.2) is 8.42 Å². The van der Waals surface area contributed by atoms with E-state index in [4.69, 9.17) is 4.74 Å².